The van der Waals surface area contributed by atoms with Crippen molar-refractivity contribution in [2.45, 2.75) is 5.88 Å². The van der Waals surface area contributed by atoms with Crippen LogP contribution in [0.3, 0.4) is 0 Å². The molecular formula is C10H6Cl2FN. The summed E-state index contributed by atoms with van der Waals surface area (Å²) in [5.74, 6) is -0.0938. The number of para-hydroxylation sites is 1. The molecule has 1 aromatic heterocycles. The third-order valence-corrected chi connectivity index (χ3v) is 2.58. The number of alkyl halides is 1. The largest absolute Gasteiger partial charge is 0.233 e. The van der Waals surface area contributed by atoms with Gasteiger partial charge in [0.25, 0.3) is 0 Å². The zero-order chi connectivity index (χ0) is 10.1. The topological polar surface area (TPSA) is 12.9 Å². The summed E-state index contributed by atoms with van der Waals surface area (Å²) in [6, 6.07) is 6.51. The lowest BCUT2D eigenvalue weighted by atomic mass is 10.2. The van der Waals surface area contributed by atoms with Gasteiger partial charge in [-0.2, -0.15) is 0 Å². The lowest BCUT2D eigenvalue weighted by molar-refractivity contribution is 0.637. The van der Waals surface area contributed by atoms with Crippen molar-refractivity contribution in [2.75, 3.05) is 0 Å². The van der Waals surface area contributed by atoms with Crippen molar-refractivity contribution in [3.63, 3.8) is 0 Å². The van der Waals surface area contributed by atoms with Gasteiger partial charge in [0, 0.05) is 10.9 Å². The molecule has 0 aliphatic carbocycles. The van der Waals surface area contributed by atoms with Gasteiger partial charge in [0.15, 0.2) is 0 Å². The Kier molecular flexibility index (Phi) is 2.57. The van der Waals surface area contributed by atoms with Gasteiger partial charge in [-0.3, -0.25) is 0 Å². The molecule has 0 aliphatic heterocycles. The van der Waals surface area contributed by atoms with Crippen molar-refractivity contribution in [3.05, 3.63) is 40.8 Å². The number of halogens is 3. The molecule has 0 saturated carbocycles. The van der Waals surface area contributed by atoms with Crippen LogP contribution in [0.2, 0.25) is 5.15 Å². The first kappa shape index (κ1) is 9.69. The van der Waals surface area contributed by atoms with Gasteiger partial charge in [-0.25, -0.2) is 9.37 Å². The summed E-state index contributed by atoms with van der Waals surface area (Å²) in [6.45, 7) is 0. The van der Waals surface area contributed by atoms with Gasteiger partial charge < -0.3 is 0 Å². The second-order valence-electron chi connectivity index (χ2n) is 2.88. The third kappa shape index (κ3) is 1.56. The van der Waals surface area contributed by atoms with E-state index in [1.807, 2.05) is 0 Å². The van der Waals surface area contributed by atoms with Crippen LogP contribution in [0.4, 0.5) is 4.39 Å². The van der Waals surface area contributed by atoms with E-state index < -0.39 is 0 Å². The SMILES string of the molecule is Fc1cccc2cc(CCl)c(Cl)nc12. The van der Waals surface area contributed by atoms with Gasteiger partial charge in [0.2, 0.25) is 0 Å². The molecule has 0 saturated heterocycles. The molecule has 0 aliphatic rings. The van der Waals surface area contributed by atoms with Crippen LogP contribution in [0.25, 0.3) is 10.9 Å². The average Bonchev–Trinajstić information content (AvgIpc) is 2.19. The molecule has 0 unspecified atom stereocenters. The Hall–Kier alpha value is -0.860. The molecule has 1 nitrogen and oxygen atoms in total. The van der Waals surface area contributed by atoms with Crippen LogP contribution in [0.1, 0.15) is 5.56 Å². The molecule has 2 rings (SSSR count). The molecule has 1 heterocycles. The van der Waals surface area contributed by atoms with Crippen LogP contribution in [-0.2, 0) is 5.88 Å². The summed E-state index contributed by atoms with van der Waals surface area (Å²) >= 11 is 11.5. The monoisotopic (exact) mass is 229 g/mol. The van der Waals surface area contributed by atoms with E-state index in [1.54, 1.807) is 18.2 Å². The summed E-state index contributed by atoms with van der Waals surface area (Å²) in [7, 11) is 0. The highest BCUT2D eigenvalue weighted by molar-refractivity contribution is 6.31. The number of nitrogens with zero attached hydrogens (tertiary/aromatic N) is 1. The van der Waals surface area contributed by atoms with Crippen LogP contribution in [0, 0.1) is 5.82 Å². The zero-order valence-corrected chi connectivity index (χ0v) is 8.61. The summed E-state index contributed by atoms with van der Waals surface area (Å²) in [6.07, 6.45) is 0. The van der Waals surface area contributed by atoms with Gasteiger partial charge >= 0.3 is 0 Å². The Morgan fingerprint density at radius 3 is 2.86 bits per heavy atom. The van der Waals surface area contributed by atoms with Crippen LogP contribution in [0.5, 0.6) is 0 Å². The lowest BCUT2D eigenvalue weighted by Gasteiger charge is -2.03. The fourth-order valence-electron chi connectivity index (χ4n) is 1.28. The van der Waals surface area contributed by atoms with E-state index in [4.69, 9.17) is 23.2 Å². The van der Waals surface area contributed by atoms with E-state index in [9.17, 15) is 4.39 Å². The second kappa shape index (κ2) is 3.71. The van der Waals surface area contributed by atoms with E-state index >= 15 is 0 Å². The fourth-order valence-corrected chi connectivity index (χ4v) is 1.76. The summed E-state index contributed by atoms with van der Waals surface area (Å²) < 4.78 is 13.2. The number of aromatic nitrogens is 1. The molecule has 2 aromatic rings. The number of benzene rings is 1. The van der Waals surface area contributed by atoms with Gasteiger partial charge in [-0.15, -0.1) is 11.6 Å². The van der Waals surface area contributed by atoms with Crippen LogP contribution < -0.4 is 0 Å². The molecule has 4 heteroatoms. The quantitative estimate of drug-likeness (QED) is 0.536. The Morgan fingerprint density at radius 2 is 2.14 bits per heavy atom. The highest BCUT2D eigenvalue weighted by Crippen LogP contribution is 2.23. The van der Waals surface area contributed by atoms with Crippen molar-refractivity contribution < 1.29 is 4.39 Å². The molecule has 1 aromatic carbocycles. The minimum atomic E-state index is -0.370. The average molecular weight is 230 g/mol. The van der Waals surface area contributed by atoms with E-state index in [-0.39, 0.29) is 22.4 Å². The molecule has 0 bridgehead atoms. The van der Waals surface area contributed by atoms with Gasteiger partial charge in [0.1, 0.15) is 16.5 Å². The molecule has 72 valence electrons. The maximum atomic E-state index is 13.2. The van der Waals surface area contributed by atoms with E-state index in [0.717, 1.165) is 0 Å². The maximum absolute atomic E-state index is 13.2. The molecule has 0 radical (unpaired) electrons. The number of pyridine rings is 1. The maximum Gasteiger partial charge on any atom is 0.149 e. The summed E-state index contributed by atoms with van der Waals surface area (Å²) in [4.78, 5) is 3.95. The molecule has 0 N–H and O–H groups in total. The Balaban J connectivity index is 2.79. The van der Waals surface area contributed by atoms with Crippen molar-refractivity contribution in [1.82, 2.24) is 4.98 Å². The third-order valence-electron chi connectivity index (χ3n) is 1.97. The zero-order valence-electron chi connectivity index (χ0n) is 7.10. The highest BCUT2D eigenvalue weighted by atomic mass is 35.5. The minimum Gasteiger partial charge on any atom is -0.233 e. The first-order chi connectivity index (χ1) is 6.72. The van der Waals surface area contributed by atoms with Crippen molar-refractivity contribution >= 4 is 34.1 Å². The van der Waals surface area contributed by atoms with Crippen LogP contribution in [0.15, 0.2) is 24.3 Å². The molecule has 0 fully saturated rings. The molecule has 0 spiro atoms. The van der Waals surface area contributed by atoms with Gasteiger partial charge in [-0.05, 0) is 12.1 Å². The number of rotatable bonds is 1. The Morgan fingerprint density at radius 1 is 1.36 bits per heavy atom. The first-order valence-electron chi connectivity index (χ1n) is 4.02. The highest BCUT2D eigenvalue weighted by Gasteiger charge is 2.06. The van der Waals surface area contributed by atoms with Crippen molar-refractivity contribution in [3.8, 4) is 0 Å². The van der Waals surface area contributed by atoms with E-state index in [2.05, 4.69) is 4.98 Å². The summed E-state index contributed by atoms with van der Waals surface area (Å²) in [5.41, 5.74) is 0.998. The fraction of sp³-hybridized carbons (Fsp3) is 0.100. The number of hydrogen-bond donors (Lipinski definition) is 0. The van der Waals surface area contributed by atoms with Crippen LogP contribution >= 0.6 is 23.2 Å². The standard InChI is InChI=1S/C10H6Cl2FN/c11-5-7-4-6-2-1-3-8(13)9(6)14-10(7)12/h1-4H,5H2. The van der Waals surface area contributed by atoms with Crippen molar-refractivity contribution in [2.24, 2.45) is 0 Å². The first-order valence-corrected chi connectivity index (χ1v) is 4.93. The second-order valence-corrected chi connectivity index (χ2v) is 3.51. The predicted molar refractivity (Wildman–Crippen MR) is 56.3 cm³/mol. The molecule has 0 atom stereocenters. The molecule has 14 heavy (non-hydrogen) atoms. The number of hydrogen-bond acceptors (Lipinski definition) is 1. The Bertz CT molecular complexity index is 485. The number of fused-ring (bicyclic) bond motifs is 1. The Labute approximate surface area is 90.5 Å². The predicted octanol–water partition coefficient (Wildman–Crippen LogP) is 3.77. The summed E-state index contributed by atoms with van der Waals surface area (Å²) in [5, 5.41) is 0.975. The van der Waals surface area contributed by atoms with Crippen LogP contribution in [-0.4, -0.2) is 4.98 Å². The van der Waals surface area contributed by atoms with E-state index in [1.165, 1.54) is 6.07 Å². The lowest BCUT2D eigenvalue weighted by Crippen LogP contribution is -1.89. The van der Waals surface area contributed by atoms with Gasteiger partial charge in [-0.1, -0.05) is 23.7 Å². The normalized spacial score (nSPS) is 10.8. The minimum absolute atomic E-state index is 0.262. The molecular weight excluding hydrogens is 224 g/mol. The van der Waals surface area contributed by atoms with Gasteiger partial charge in [0.05, 0.1) is 5.88 Å². The van der Waals surface area contributed by atoms with E-state index in [0.29, 0.717) is 10.9 Å². The molecule has 0 amide bonds. The smallest absolute Gasteiger partial charge is 0.149 e. The van der Waals surface area contributed by atoms with Crippen molar-refractivity contribution in [1.29, 1.82) is 0 Å².